The molecule has 0 aromatic carbocycles. The molecule has 1 aromatic rings. The van der Waals surface area contributed by atoms with Gasteiger partial charge in [0.1, 0.15) is 4.75 Å². The van der Waals surface area contributed by atoms with E-state index in [9.17, 15) is 4.55 Å². The topological polar surface area (TPSA) is 48.0 Å². The summed E-state index contributed by atoms with van der Waals surface area (Å²) in [5.74, 6) is 0. The fraction of sp³-hybridized carbons (Fsp3) is 0.500. The first kappa shape index (κ1) is 16.7. The van der Waals surface area contributed by atoms with Crippen molar-refractivity contribution in [2.24, 2.45) is 0 Å². The lowest BCUT2D eigenvalue weighted by atomic mass is 10.1. The van der Waals surface area contributed by atoms with E-state index in [4.69, 9.17) is 0 Å². The van der Waals surface area contributed by atoms with Gasteiger partial charge in [-0.15, -0.1) is 11.3 Å². The summed E-state index contributed by atoms with van der Waals surface area (Å²) in [5, 5.41) is 0. The van der Waals surface area contributed by atoms with Gasteiger partial charge in [0.15, 0.2) is 0 Å². The first-order chi connectivity index (χ1) is 8.86. The van der Waals surface area contributed by atoms with Gasteiger partial charge in [-0.05, 0) is 39.7 Å². The number of pyridine rings is 1. The molecule has 1 N–H and O–H groups in total. The summed E-state index contributed by atoms with van der Waals surface area (Å²) >= 11 is 2.41. The average Bonchev–Trinajstić information content (AvgIpc) is 2.34. The van der Waals surface area contributed by atoms with E-state index in [1.165, 1.54) is 0 Å². The minimum absolute atomic E-state index is 0.00105. The van der Waals surface area contributed by atoms with Crippen LogP contribution >= 0.6 is 15.9 Å². The molecule has 106 valence electrons. The van der Waals surface area contributed by atoms with E-state index in [0.717, 1.165) is 22.9 Å². The molecule has 0 aliphatic heterocycles. The van der Waals surface area contributed by atoms with Crippen LogP contribution in [0.25, 0.3) is 0 Å². The molecule has 1 heterocycles. The van der Waals surface area contributed by atoms with Crippen LogP contribution in [0.3, 0.4) is 0 Å². The lowest BCUT2D eigenvalue weighted by molar-refractivity contribution is 0.512. The van der Waals surface area contributed by atoms with Crippen molar-refractivity contribution in [3.05, 3.63) is 41.2 Å². The van der Waals surface area contributed by atoms with Crippen LogP contribution in [0.1, 0.15) is 45.2 Å². The Kier molecular flexibility index (Phi) is 6.53. The van der Waals surface area contributed by atoms with Crippen molar-refractivity contribution in [2.75, 3.05) is 0 Å². The van der Waals surface area contributed by atoms with Gasteiger partial charge in [0.05, 0.1) is 6.04 Å². The predicted molar refractivity (Wildman–Crippen MR) is 85.1 cm³/mol. The number of nitrogens with one attached hydrogen (secondary N) is 1. The van der Waals surface area contributed by atoms with Gasteiger partial charge in [-0.25, -0.2) is 0 Å². The molecule has 2 atom stereocenters. The van der Waals surface area contributed by atoms with E-state index >= 15 is 0 Å². The number of aromatic nitrogens is 1. The van der Waals surface area contributed by atoms with Gasteiger partial charge < -0.3 is 4.55 Å². The van der Waals surface area contributed by atoms with Crippen LogP contribution in [-0.2, 0) is 11.4 Å². The molecule has 19 heavy (non-hydrogen) atoms. The van der Waals surface area contributed by atoms with E-state index in [1.807, 2.05) is 39.1 Å². The summed E-state index contributed by atoms with van der Waals surface area (Å²) in [4.78, 5) is 4.15. The van der Waals surface area contributed by atoms with Crippen LogP contribution in [0.5, 0.6) is 0 Å². The van der Waals surface area contributed by atoms with Gasteiger partial charge in [0.2, 0.25) is 0 Å². The standard InChI is InChI=1S/C14H21BrN2OS/c1-5-6-7-13(17-19(18)14(2,3)4)11-10-16-9-8-12(11)15/h5,8-10,13,17H,1,6-7H2,2-4H3/t13-,19?/m0/s1. The zero-order valence-electron chi connectivity index (χ0n) is 11.6. The molecule has 0 fully saturated rings. The molecule has 0 amide bonds. The Morgan fingerprint density at radius 3 is 2.79 bits per heavy atom. The number of hydrogen-bond donors (Lipinski definition) is 1. The Morgan fingerprint density at radius 1 is 1.58 bits per heavy atom. The van der Waals surface area contributed by atoms with Crippen molar-refractivity contribution in [1.82, 2.24) is 9.71 Å². The van der Waals surface area contributed by atoms with Crippen LogP contribution in [0.4, 0.5) is 0 Å². The largest absolute Gasteiger partial charge is 0.598 e. The summed E-state index contributed by atoms with van der Waals surface area (Å²) in [6, 6.07) is 1.90. The molecule has 0 bridgehead atoms. The van der Waals surface area contributed by atoms with Gasteiger partial charge in [0, 0.05) is 33.8 Å². The smallest absolute Gasteiger partial charge is 0.136 e. The van der Waals surface area contributed by atoms with Gasteiger partial charge in [-0.1, -0.05) is 22.0 Å². The minimum Gasteiger partial charge on any atom is -0.598 e. The number of allylic oxidation sites excluding steroid dienone is 1. The normalized spacial score (nSPS) is 15.0. The maximum atomic E-state index is 12.3. The summed E-state index contributed by atoms with van der Waals surface area (Å²) in [7, 11) is 0. The molecule has 0 aliphatic rings. The lowest BCUT2D eigenvalue weighted by Gasteiger charge is -2.28. The Balaban J connectivity index is 2.89. The monoisotopic (exact) mass is 344 g/mol. The molecule has 0 saturated heterocycles. The van der Waals surface area contributed by atoms with E-state index in [1.54, 1.807) is 6.20 Å². The fourth-order valence-electron chi connectivity index (χ4n) is 1.51. The third-order valence-electron chi connectivity index (χ3n) is 2.64. The Hall–Kier alpha value is -0.360. The summed E-state index contributed by atoms with van der Waals surface area (Å²) in [5.41, 5.74) is 1.03. The van der Waals surface area contributed by atoms with Crippen LogP contribution in [-0.4, -0.2) is 14.3 Å². The molecular weight excluding hydrogens is 324 g/mol. The highest BCUT2D eigenvalue weighted by molar-refractivity contribution is 9.10. The maximum absolute atomic E-state index is 12.3. The number of nitrogens with zero attached hydrogens (tertiary/aromatic N) is 1. The second-order valence-electron chi connectivity index (χ2n) is 5.31. The van der Waals surface area contributed by atoms with E-state index in [-0.39, 0.29) is 10.8 Å². The molecular formula is C14H21BrN2OS. The van der Waals surface area contributed by atoms with Crippen molar-refractivity contribution in [1.29, 1.82) is 0 Å². The van der Waals surface area contributed by atoms with Gasteiger partial charge in [-0.3, -0.25) is 4.98 Å². The Labute approximate surface area is 127 Å². The second-order valence-corrected chi connectivity index (χ2v) is 8.17. The highest BCUT2D eigenvalue weighted by Gasteiger charge is 2.30. The SMILES string of the molecule is C=CCC[C@H](N[S+]([O-])C(C)(C)C)c1cnccc1Br. The summed E-state index contributed by atoms with van der Waals surface area (Å²) in [6.45, 7) is 9.62. The third kappa shape index (κ3) is 5.26. The van der Waals surface area contributed by atoms with Crippen LogP contribution in [0.2, 0.25) is 0 Å². The third-order valence-corrected chi connectivity index (χ3v) is 4.97. The van der Waals surface area contributed by atoms with Crippen molar-refractivity contribution >= 4 is 27.3 Å². The van der Waals surface area contributed by atoms with Gasteiger partial charge in [-0.2, -0.15) is 0 Å². The first-order valence-electron chi connectivity index (χ1n) is 6.24. The average molecular weight is 345 g/mol. The Bertz CT molecular complexity index is 420. The molecule has 5 heteroatoms. The molecule has 1 rings (SSSR count). The van der Waals surface area contributed by atoms with E-state index in [2.05, 4.69) is 32.2 Å². The van der Waals surface area contributed by atoms with Crippen LogP contribution in [0, 0.1) is 0 Å². The molecule has 0 aliphatic carbocycles. The minimum atomic E-state index is -1.11. The Morgan fingerprint density at radius 2 is 2.26 bits per heavy atom. The summed E-state index contributed by atoms with van der Waals surface area (Å²) in [6.07, 6.45) is 7.12. The molecule has 0 radical (unpaired) electrons. The molecule has 0 spiro atoms. The highest BCUT2D eigenvalue weighted by atomic mass is 79.9. The molecule has 1 aromatic heterocycles. The van der Waals surface area contributed by atoms with Crippen LogP contribution < -0.4 is 4.72 Å². The lowest BCUT2D eigenvalue weighted by Crippen LogP contribution is -2.41. The predicted octanol–water partition coefficient (Wildman–Crippen LogP) is 3.90. The van der Waals surface area contributed by atoms with E-state index in [0.29, 0.717) is 0 Å². The van der Waals surface area contributed by atoms with Gasteiger partial charge in [0.25, 0.3) is 0 Å². The van der Waals surface area contributed by atoms with Crippen molar-refractivity contribution in [2.45, 2.75) is 44.4 Å². The van der Waals surface area contributed by atoms with Crippen molar-refractivity contribution in [3.8, 4) is 0 Å². The van der Waals surface area contributed by atoms with Crippen LogP contribution in [0.15, 0.2) is 35.6 Å². The zero-order valence-corrected chi connectivity index (χ0v) is 14.1. The molecule has 1 unspecified atom stereocenters. The quantitative estimate of drug-likeness (QED) is 0.628. The maximum Gasteiger partial charge on any atom is 0.136 e. The second kappa shape index (κ2) is 7.43. The van der Waals surface area contributed by atoms with Crippen molar-refractivity contribution in [3.63, 3.8) is 0 Å². The van der Waals surface area contributed by atoms with Gasteiger partial charge >= 0.3 is 0 Å². The fourth-order valence-corrected chi connectivity index (χ4v) is 2.87. The van der Waals surface area contributed by atoms with Crippen molar-refractivity contribution < 1.29 is 4.55 Å². The number of rotatable bonds is 6. The number of hydrogen-bond acceptors (Lipinski definition) is 3. The molecule has 0 saturated carbocycles. The van der Waals surface area contributed by atoms with E-state index < -0.39 is 11.4 Å². The number of halogens is 1. The zero-order chi connectivity index (χ0) is 14.5. The molecule has 3 nitrogen and oxygen atoms in total. The first-order valence-corrected chi connectivity index (χ1v) is 8.19. The highest BCUT2D eigenvalue weighted by Crippen LogP contribution is 2.28. The summed E-state index contributed by atoms with van der Waals surface area (Å²) < 4.78 is 16.2.